The highest BCUT2D eigenvalue weighted by atomic mass is 19.4. The molecule has 2 aromatic heterocycles. The molecule has 0 saturated carbocycles. The number of fused-ring (bicyclic) bond motifs is 2. The molecule has 1 amide bonds. The van der Waals surface area contributed by atoms with Crippen molar-refractivity contribution in [3.8, 4) is 16.9 Å². The van der Waals surface area contributed by atoms with Gasteiger partial charge < -0.3 is 35.6 Å². The third-order valence-electron chi connectivity index (χ3n) is 8.06. The summed E-state index contributed by atoms with van der Waals surface area (Å²) in [7, 11) is 0. The number of ether oxygens (including phenoxy) is 1. The first-order valence-electron chi connectivity index (χ1n) is 16.6. The van der Waals surface area contributed by atoms with Crippen LogP contribution in [-0.4, -0.2) is 71.2 Å². The fourth-order valence-corrected chi connectivity index (χ4v) is 5.49. The van der Waals surface area contributed by atoms with Gasteiger partial charge in [0, 0.05) is 43.2 Å². The van der Waals surface area contributed by atoms with Gasteiger partial charge in [0.2, 0.25) is 11.4 Å². The van der Waals surface area contributed by atoms with Crippen molar-refractivity contribution in [3.63, 3.8) is 0 Å². The third-order valence-corrected chi connectivity index (χ3v) is 8.06. The molecule has 17 nitrogen and oxygen atoms in total. The molecule has 0 fully saturated rings. The van der Waals surface area contributed by atoms with E-state index >= 15 is 0 Å². The average Bonchev–Trinajstić information content (AvgIpc) is 3.76. The molecule has 0 aliphatic heterocycles. The van der Waals surface area contributed by atoms with E-state index in [1.165, 1.54) is 12.1 Å². The second kappa shape index (κ2) is 18.3. The summed E-state index contributed by atoms with van der Waals surface area (Å²) < 4.78 is 43.6. The predicted octanol–water partition coefficient (Wildman–Crippen LogP) is 6.84. The number of nitro benzene ring substituents is 1. The minimum Gasteiger partial charge on any atom is -0.475 e. The van der Waals surface area contributed by atoms with Crippen molar-refractivity contribution in [2.75, 3.05) is 17.2 Å². The number of benzene rings is 4. The number of nitrogens with zero attached hydrogens (tertiary/aromatic N) is 5. The Labute approximate surface area is 314 Å². The minimum absolute atomic E-state index is 0. The Hall–Kier alpha value is -7.09. The number of rotatable bonds is 13. The van der Waals surface area contributed by atoms with Gasteiger partial charge in [-0.1, -0.05) is 55.8 Å². The number of imidazole rings is 1. The first-order chi connectivity index (χ1) is 26.2. The van der Waals surface area contributed by atoms with Gasteiger partial charge in [0.15, 0.2) is 5.52 Å². The Morgan fingerprint density at radius 2 is 1.68 bits per heavy atom. The number of aliphatic carboxylic acids is 1. The Balaban J connectivity index is 0.000000796. The number of carboxylic acid groups (broad SMARTS) is 2. The van der Waals surface area contributed by atoms with E-state index in [9.17, 15) is 32.9 Å². The Morgan fingerprint density at radius 3 is 2.34 bits per heavy atom. The molecule has 6 aromatic rings. The van der Waals surface area contributed by atoms with E-state index < -0.39 is 23.2 Å². The lowest BCUT2D eigenvalue weighted by Gasteiger charge is -2.12. The number of anilines is 2. The van der Waals surface area contributed by atoms with E-state index in [4.69, 9.17) is 29.4 Å². The quantitative estimate of drug-likeness (QED) is 0.0405. The Kier molecular flexibility index (Phi) is 13.6. The maximum atomic E-state index is 12.9. The lowest BCUT2D eigenvalue weighted by Crippen LogP contribution is -2.21. The van der Waals surface area contributed by atoms with E-state index in [1.54, 1.807) is 12.1 Å². The number of nitrogens with one attached hydrogen (secondary N) is 2. The van der Waals surface area contributed by atoms with Crippen molar-refractivity contribution in [2.24, 2.45) is 0 Å². The van der Waals surface area contributed by atoms with Gasteiger partial charge in [-0.25, -0.2) is 19.2 Å². The van der Waals surface area contributed by atoms with Gasteiger partial charge in [-0.15, -0.1) is 0 Å². The SMILES string of the molecule is CCCCc1nc2ccc(NC(=O)CCNc3ccc([N+](=O)[O-])c4nonc34)cc2n1Cc1ccc(-c2ccccc2OC(=O)O)cc1.O.O=C(O)C(F)(F)F. The number of carbonyl (C=O) groups excluding carboxylic acids is 1. The van der Waals surface area contributed by atoms with Crippen molar-refractivity contribution in [1.82, 2.24) is 19.9 Å². The fourth-order valence-electron chi connectivity index (χ4n) is 5.49. The molecule has 0 atom stereocenters. The maximum Gasteiger partial charge on any atom is 0.511 e. The van der Waals surface area contributed by atoms with Gasteiger partial charge in [0.1, 0.15) is 11.6 Å². The lowest BCUT2D eigenvalue weighted by atomic mass is 10.0. The van der Waals surface area contributed by atoms with Gasteiger partial charge in [-0.3, -0.25) is 14.9 Å². The second-order valence-electron chi connectivity index (χ2n) is 11.9. The topological polar surface area (TPSA) is 256 Å². The van der Waals surface area contributed by atoms with Crippen molar-refractivity contribution >= 4 is 57.2 Å². The molecule has 0 spiro atoms. The number of aromatic nitrogens is 4. The highest BCUT2D eigenvalue weighted by Crippen LogP contribution is 2.31. The van der Waals surface area contributed by atoms with Crippen LogP contribution in [0.4, 0.5) is 35.0 Å². The molecular formula is C36H34F3N7O10. The van der Waals surface area contributed by atoms with Crippen LogP contribution in [0.3, 0.4) is 0 Å². The Morgan fingerprint density at radius 1 is 0.982 bits per heavy atom. The summed E-state index contributed by atoms with van der Waals surface area (Å²) in [6, 6.07) is 23.3. The number of carbonyl (C=O) groups is 3. The summed E-state index contributed by atoms with van der Waals surface area (Å²) in [4.78, 5) is 48.5. The minimum atomic E-state index is -5.08. The number of halogens is 3. The number of para-hydroxylation sites is 1. The monoisotopic (exact) mass is 781 g/mol. The van der Waals surface area contributed by atoms with Crippen LogP contribution in [0.25, 0.3) is 33.2 Å². The number of alkyl halides is 3. The van der Waals surface area contributed by atoms with Crippen LogP contribution < -0.4 is 15.4 Å². The van der Waals surface area contributed by atoms with E-state index in [0.717, 1.165) is 47.2 Å². The molecular weight excluding hydrogens is 747 g/mol. The number of unbranched alkanes of at least 4 members (excludes halogenated alkanes) is 1. The van der Waals surface area contributed by atoms with Crippen LogP contribution in [0.5, 0.6) is 5.75 Å². The zero-order valence-corrected chi connectivity index (χ0v) is 29.4. The van der Waals surface area contributed by atoms with Gasteiger partial charge >= 0.3 is 24.0 Å². The maximum absolute atomic E-state index is 12.9. The van der Waals surface area contributed by atoms with Gasteiger partial charge in [0.25, 0.3) is 0 Å². The highest BCUT2D eigenvalue weighted by molar-refractivity contribution is 5.95. The first kappa shape index (κ1) is 41.7. The number of nitro groups is 1. The number of carboxylic acids is 1. The Bertz CT molecular complexity index is 2340. The molecule has 0 saturated heterocycles. The fraction of sp³-hybridized carbons (Fsp3) is 0.222. The zero-order valence-electron chi connectivity index (χ0n) is 29.4. The lowest BCUT2D eigenvalue weighted by molar-refractivity contribution is -0.383. The number of hydrogen-bond acceptors (Lipinski definition) is 11. The normalized spacial score (nSPS) is 10.9. The molecule has 20 heteroatoms. The van der Waals surface area contributed by atoms with Crippen LogP contribution in [-0.2, 0) is 22.6 Å². The standard InChI is InChI=1S/C34H31N7O7.C2HF3O2.H2O/c1-2-3-8-30-37-25-14-13-23(36-31(42)17-18-35-26-15-16-27(41(45)46)33-32(26)38-48-39-33)19-28(25)40(30)20-21-9-11-22(12-10-21)24-6-4-5-7-29(24)47-34(43)44;3-2(4,5)1(6)7;/h4-7,9-16,19,35H,2-3,8,17-18,20H2,1H3,(H,36,42)(H,43,44);(H,6,7);1H2. The van der Waals surface area contributed by atoms with E-state index in [-0.39, 0.29) is 46.8 Å². The molecule has 6 N–H and O–H groups in total. The van der Waals surface area contributed by atoms with Crippen LogP contribution >= 0.6 is 0 Å². The van der Waals surface area contributed by atoms with E-state index in [0.29, 0.717) is 23.5 Å². The predicted molar refractivity (Wildman–Crippen MR) is 195 cm³/mol. The van der Waals surface area contributed by atoms with Crippen molar-refractivity contribution in [2.45, 2.75) is 45.3 Å². The molecule has 0 radical (unpaired) electrons. The number of aryl methyl sites for hydroxylation is 1. The van der Waals surface area contributed by atoms with Crippen LogP contribution in [0.2, 0.25) is 0 Å². The first-order valence-corrected chi connectivity index (χ1v) is 16.6. The van der Waals surface area contributed by atoms with E-state index in [1.807, 2.05) is 54.6 Å². The number of non-ortho nitro benzene ring substituents is 1. The largest absolute Gasteiger partial charge is 0.511 e. The summed E-state index contributed by atoms with van der Waals surface area (Å²) in [5.74, 6) is -1.77. The highest BCUT2D eigenvalue weighted by Gasteiger charge is 2.38. The molecule has 0 aliphatic carbocycles. The smallest absolute Gasteiger partial charge is 0.475 e. The molecule has 2 heterocycles. The van der Waals surface area contributed by atoms with Crippen molar-refractivity contribution in [1.29, 1.82) is 0 Å². The summed E-state index contributed by atoms with van der Waals surface area (Å²) in [5, 5.41) is 40.9. The average molecular weight is 782 g/mol. The van der Waals surface area contributed by atoms with E-state index in [2.05, 4.69) is 32.4 Å². The molecule has 56 heavy (non-hydrogen) atoms. The van der Waals surface area contributed by atoms with Crippen molar-refractivity contribution < 1.29 is 57.5 Å². The summed E-state index contributed by atoms with van der Waals surface area (Å²) in [5.41, 5.74) is 5.36. The summed E-state index contributed by atoms with van der Waals surface area (Å²) in [6.45, 7) is 2.92. The number of amides is 1. The molecule has 0 unspecified atom stereocenters. The third kappa shape index (κ3) is 10.3. The summed E-state index contributed by atoms with van der Waals surface area (Å²) in [6.07, 6.45) is -3.54. The molecule has 6 rings (SSSR count). The zero-order chi connectivity index (χ0) is 39.7. The van der Waals surface area contributed by atoms with Crippen molar-refractivity contribution in [3.05, 3.63) is 100 Å². The number of hydrogen-bond donors (Lipinski definition) is 4. The van der Waals surface area contributed by atoms with Gasteiger partial charge in [0.05, 0.1) is 21.6 Å². The van der Waals surface area contributed by atoms with Crippen LogP contribution in [0, 0.1) is 10.1 Å². The molecule has 0 bridgehead atoms. The molecule has 294 valence electrons. The van der Waals surface area contributed by atoms with Gasteiger partial charge in [-0.05, 0) is 58.2 Å². The van der Waals surface area contributed by atoms with Crippen LogP contribution in [0.15, 0.2) is 83.5 Å². The van der Waals surface area contributed by atoms with Gasteiger partial charge in [-0.2, -0.15) is 13.2 Å². The summed E-state index contributed by atoms with van der Waals surface area (Å²) >= 11 is 0. The molecule has 0 aliphatic rings. The second-order valence-corrected chi connectivity index (χ2v) is 11.9. The van der Waals surface area contributed by atoms with Crippen LogP contribution in [0.1, 0.15) is 37.6 Å². The molecule has 4 aromatic carbocycles.